The number of unbranched alkanes of at least 4 members (excludes halogenated alkanes) is 1. The normalized spacial score (nSPS) is 10.7. The number of hydrogen-bond donors (Lipinski definition) is 0. The topological polar surface area (TPSA) is 61.8 Å². The SMILES string of the molecule is C=C(C)C(=O)Oc1ccc(-c2ccc(-c3ccc(OC(=O)C(=C)COC)c(-c4ccc(-c5ccc(CCCC)cc5)cc4)c3)cc2)cc1. The van der Waals surface area contributed by atoms with Crippen molar-refractivity contribution >= 4 is 11.9 Å². The van der Waals surface area contributed by atoms with Gasteiger partial charge in [-0.05, 0) is 88.5 Å². The summed E-state index contributed by atoms with van der Waals surface area (Å²) in [5, 5.41) is 0. The first kappa shape index (κ1) is 33.8. The summed E-state index contributed by atoms with van der Waals surface area (Å²) in [6.07, 6.45) is 3.46. The number of ether oxygens (including phenoxy) is 3. The quantitative estimate of drug-likeness (QED) is 0.0731. The van der Waals surface area contributed by atoms with E-state index < -0.39 is 11.9 Å². The molecule has 0 saturated heterocycles. The Morgan fingerprint density at radius 1 is 0.604 bits per heavy atom. The smallest absolute Gasteiger partial charge is 0.341 e. The van der Waals surface area contributed by atoms with Crippen molar-refractivity contribution in [3.05, 3.63) is 145 Å². The van der Waals surface area contributed by atoms with Crippen molar-refractivity contribution in [1.82, 2.24) is 0 Å². The molecular weight excluding hydrogens is 596 g/mol. The van der Waals surface area contributed by atoms with Crippen molar-refractivity contribution in [2.75, 3.05) is 13.7 Å². The Hall–Kier alpha value is -5.52. The van der Waals surface area contributed by atoms with Gasteiger partial charge in [-0.1, -0.05) is 117 Å². The number of benzene rings is 5. The molecule has 242 valence electrons. The highest BCUT2D eigenvalue weighted by atomic mass is 16.5. The van der Waals surface area contributed by atoms with Crippen LogP contribution >= 0.6 is 0 Å². The summed E-state index contributed by atoms with van der Waals surface area (Å²) in [5.74, 6) is -0.0695. The molecule has 0 heterocycles. The van der Waals surface area contributed by atoms with Crippen LogP contribution in [0.4, 0.5) is 0 Å². The maximum Gasteiger partial charge on any atom is 0.341 e. The minimum atomic E-state index is -0.532. The first-order chi connectivity index (χ1) is 23.2. The fraction of sp³-hybridized carbons (Fsp3) is 0.163. The Balaban J connectivity index is 1.42. The van der Waals surface area contributed by atoms with E-state index >= 15 is 0 Å². The summed E-state index contributed by atoms with van der Waals surface area (Å²) in [5.41, 5.74) is 9.91. The van der Waals surface area contributed by atoms with Crippen LogP contribution in [0.5, 0.6) is 11.5 Å². The number of esters is 2. The van der Waals surface area contributed by atoms with Gasteiger partial charge in [0.25, 0.3) is 0 Å². The molecule has 0 aromatic heterocycles. The lowest BCUT2D eigenvalue weighted by Crippen LogP contribution is -2.14. The zero-order chi connectivity index (χ0) is 34.0. The first-order valence-corrected chi connectivity index (χ1v) is 16.1. The van der Waals surface area contributed by atoms with E-state index in [1.807, 2.05) is 30.3 Å². The van der Waals surface area contributed by atoms with Crippen LogP contribution in [0.2, 0.25) is 0 Å². The third-order valence-corrected chi connectivity index (χ3v) is 8.06. The molecule has 0 spiro atoms. The van der Waals surface area contributed by atoms with E-state index in [0.29, 0.717) is 17.1 Å². The predicted molar refractivity (Wildman–Crippen MR) is 194 cm³/mol. The van der Waals surface area contributed by atoms with Crippen molar-refractivity contribution in [3.8, 4) is 56.0 Å². The molecule has 5 heteroatoms. The lowest BCUT2D eigenvalue weighted by Gasteiger charge is -2.14. The molecule has 5 rings (SSSR count). The van der Waals surface area contributed by atoms with E-state index in [9.17, 15) is 9.59 Å². The van der Waals surface area contributed by atoms with Gasteiger partial charge in [0.1, 0.15) is 11.5 Å². The van der Waals surface area contributed by atoms with Crippen LogP contribution in [0.3, 0.4) is 0 Å². The highest BCUT2D eigenvalue weighted by molar-refractivity contribution is 5.92. The van der Waals surface area contributed by atoms with Crippen LogP contribution in [0.15, 0.2) is 140 Å². The number of methoxy groups -OCH3 is 1. The predicted octanol–water partition coefficient (Wildman–Crippen LogP) is 10.3. The Morgan fingerprint density at radius 3 is 1.60 bits per heavy atom. The number of hydrogen-bond acceptors (Lipinski definition) is 5. The molecule has 0 atom stereocenters. The van der Waals surface area contributed by atoms with Gasteiger partial charge in [0.05, 0.1) is 12.2 Å². The second-order valence-corrected chi connectivity index (χ2v) is 11.8. The highest BCUT2D eigenvalue weighted by Crippen LogP contribution is 2.37. The van der Waals surface area contributed by atoms with Gasteiger partial charge < -0.3 is 14.2 Å². The molecule has 0 N–H and O–H groups in total. The van der Waals surface area contributed by atoms with E-state index in [4.69, 9.17) is 14.2 Å². The van der Waals surface area contributed by atoms with Crippen molar-refractivity contribution in [2.24, 2.45) is 0 Å². The van der Waals surface area contributed by atoms with E-state index in [-0.39, 0.29) is 12.2 Å². The molecule has 48 heavy (non-hydrogen) atoms. The maximum absolute atomic E-state index is 12.8. The van der Waals surface area contributed by atoms with E-state index in [1.54, 1.807) is 19.1 Å². The summed E-state index contributed by atoms with van der Waals surface area (Å²) < 4.78 is 16.2. The van der Waals surface area contributed by atoms with E-state index in [0.717, 1.165) is 50.9 Å². The van der Waals surface area contributed by atoms with E-state index in [1.165, 1.54) is 25.5 Å². The molecule has 0 unspecified atom stereocenters. The van der Waals surface area contributed by atoms with Crippen LogP contribution in [0, 0.1) is 0 Å². The van der Waals surface area contributed by atoms with Gasteiger partial charge in [-0.2, -0.15) is 0 Å². The third-order valence-electron chi connectivity index (χ3n) is 8.06. The standard InChI is InChI=1S/C43H40O5/c1-6-7-8-31-9-11-32(12-10-31)34-17-19-37(20-18-34)40-27-38(23-26-41(40)48-43(45)30(4)28-46-5)36-15-13-33(14-16-36)35-21-24-39(25-22-35)47-42(44)29(2)3/h9-27H,2,4,6-8,28H2,1,3,5H3. The minimum absolute atomic E-state index is 0.0902. The van der Waals surface area contributed by atoms with Crippen molar-refractivity contribution < 1.29 is 23.8 Å². The number of rotatable bonds is 13. The Labute approximate surface area is 283 Å². The van der Waals surface area contributed by atoms with Crippen LogP contribution in [-0.2, 0) is 20.7 Å². The first-order valence-electron chi connectivity index (χ1n) is 16.1. The molecule has 0 radical (unpaired) electrons. The summed E-state index contributed by atoms with van der Waals surface area (Å²) in [6.45, 7) is 11.3. The molecule has 0 fully saturated rings. The summed E-state index contributed by atoms with van der Waals surface area (Å²) in [6, 6.07) is 38.5. The largest absolute Gasteiger partial charge is 0.423 e. The molecule has 5 nitrogen and oxygen atoms in total. The fourth-order valence-corrected chi connectivity index (χ4v) is 5.28. The monoisotopic (exact) mass is 636 g/mol. The van der Waals surface area contributed by atoms with Gasteiger partial charge in [-0.15, -0.1) is 0 Å². The Kier molecular flexibility index (Phi) is 11.2. The van der Waals surface area contributed by atoms with E-state index in [2.05, 4.69) is 92.9 Å². The van der Waals surface area contributed by atoms with Crippen LogP contribution in [-0.4, -0.2) is 25.7 Å². The summed E-state index contributed by atoms with van der Waals surface area (Å²) in [7, 11) is 1.51. The molecular formula is C43H40O5. The van der Waals surface area contributed by atoms with Gasteiger partial charge in [-0.25, -0.2) is 9.59 Å². The van der Waals surface area contributed by atoms with Crippen LogP contribution < -0.4 is 9.47 Å². The van der Waals surface area contributed by atoms with Gasteiger partial charge in [0.15, 0.2) is 0 Å². The van der Waals surface area contributed by atoms with Gasteiger partial charge in [0.2, 0.25) is 0 Å². The third kappa shape index (κ3) is 8.44. The molecule has 0 aliphatic carbocycles. The van der Waals surface area contributed by atoms with Crippen molar-refractivity contribution in [3.63, 3.8) is 0 Å². The van der Waals surface area contributed by atoms with Gasteiger partial charge >= 0.3 is 11.9 Å². The van der Waals surface area contributed by atoms with Crippen molar-refractivity contribution in [1.29, 1.82) is 0 Å². The summed E-state index contributed by atoms with van der Waals surface area (Å²) >= 11 is 0. The molecule has 5 aromatic carbocycles. The highest BCUT2D eigenvalue weighted by Gasteiger charge is 2.16. The molecule has 0 aliphatic rings. The molecule has 0 aliphatic heterocycles. The number of carbonyl (C=O) groups excluding carboxylic acids is 2. The van der Waals surface area contributed by atoms with Gasteiger partial charge in [0, 0.05) is 18.2 Å². The lowest BCUT2D eigenvalue weighted by molar-refractivity contribution is -0.131. The second kappa shape index (κ2) is 15.9. The van der Waals surface area contributed by atoms with Crippen LogP contribution in [0.25, 0.3) is 44.5 Å². The maximum atomic E-state index is 12.8. The zero-order valence-electron chi connectivity index (χ0n) is 27.8. The molecule has 0 bridgehead atoms. The molecule has 0 amide bonds. The van der Waals surface area contributed by atoms with Crippen LogP contribution in [0.1, 0.15) is 32.3 Å². The Morgan fingerprint density at radius 2 is 1.08 bits per heavy atom. The number of aryl methyl sites for hydroxylation is 1. The minimum Gasteiger partial charge on any atom is -0.423 e. The second-order valence-electron chi connectivity index (χ2n) is 11.8. The van der Waals surface area contributed by atoms with Crippen molar-refractivity contribution in [2.45, 2.75) is 33.1 Å². The molecule has 5 aromatic rings. The zero-order valence-corrected chi connectivity index (χ0v) is 27.8. The molecule has 0 saturated carbocycles. The summed E-state index contributed by atoms with van der Waals surface area (Å²) in [4.78, 5) is 24.7. The number of carbonyl (C=O) groups is 2. The average molecular weight is 637 g/mol. The lowest BCUT2D eigenvalue weighted by atomic mass is 9.95. The average Bonchev–Trinajstić information content (AvgIpc) is 3.11. The van der Waals surface area contributed by atoms with Gasteiger partial charge in [-0.3, -0.25) is 0 Å². The fourth-order valence-electron chi connectivity index (χ4n) is 5.28. The Bertz CT molecular complexity index is 1900.